The minimum absolute atomic E-state index is 0. The van der Waals surface area contributed by atoms with Crippen molar-refractivity contribution in [1.29, 1.82) is 0 Å². The summed E-state index contributed by atoms with van der Waals surface area (Å²) >= 11 is 0. The molecule has 14 heteroatoms. The van der Waals surface area contributed by atoms with Gasteiger partial charge < -0.3 is 22.6 Å². The third-order valence-corrected chi connectivity index (χ3v) is 3.75. The van der Waals surface area contributed by atoms with Gasteiger partial charge in [0, 0.05) is 24.2 Å². The van der Waals surface area contributed by atoms with Crippen molar-refractivity contribution in [2.24, 2.45) is 5.73 Å². The first kappa shape index (κ1) is 38.2. The van der Waals surface area contributed by atoms with Crippen molar-refractivity contribution in [3.8, 4) is 0 Å². The van der Waals surface area contributed by atoms with E-state index in [1.165, 1.54) is 31.0 Å². The van der Waals surface area contributed by atoms with Crippen LogP contribution in [0.3, 0.4) is 0 Å². The quantitative estimate of drug-likeness (QED) is 0.136. The molecule has 0 aromatic heterocycles. The van der Waals surface area contributed by atoms with Crippen LogP contribution in [0.5, 0.6) is 0 Å². The first-order valence-corrected chi connectivity index (χ1v) is 9.16. The van der Waals surface area contributed by atoms with Crippen LogP contribution in [-0.2, 0) is 9.68 Å². The molecule has 0 bridgehead atoms. The van der Waals surface area contributed by atoms with Crippen LogP contribution < -0.4 is 119 Å². The van der Waals surface area contributed by atoms with Gasteiger partial charge in [-0.1, -0.05) is 31.7 Å². The van der Waals surface area contributed by atoms with E-state index in [2.05, 4.69) is 10.2 Å². The number of nitro groups is 2. The number of benzene rings is 2. The average molecular weight is 533 g/mol. The topological polar surface area (TPSA) is 174 Å². The molecule has 2 aliphatic rings. The molecule has 0 radical (unpaired) electrons. The van der Waals surface area contributed by atoms with Gasteiger partial charge in [-0.2, -0.15) is 4.39 Å². The molecule has 0 heterocycles. The predicted molar refractivity (Wildman–Crippen MR) is 115 cm³/mol. The van der Waals surface area contributed by atoms with Crippen LogP contribution in [0.15, 0.2) is 48.5 Å². The van der Waals surface area contributed by atoms with E-state index in [0.717, 1.165) is 25.0 Å². The Morgan fingerprint density at radius 2 is 1.38 bits per heavy atom. The van der Waals surface area contributed by atoms with E-state index in [-0.39, 0.29) is 129 Å². The van der Waals surface area contributed by atoms with Crippen LogP contribution in [0.1, 0.15) is 34.5 Å². The Labute approximate surface area is 283 Å². The van der Waals surface area contributed by atoms with E-state index in [9.17, 15) is 24.6 Å². The van der Waals surface area contributed by atoms with Crippen molar-refractivity contribution in [3.05, 3.63) is 74.6 Å². The van der Waals surface area contributed by atoms with Gasteiger partial charge in [-0.15, -0.1) is 0 Å². The van der Waals surface area contributed by atoms with E-state index >= 15 is 0 Å². The Morgan fingerprint density at radius 3 is 1.71 bits per heavy atom. The third kappa shape index (κ3) is 18.0. The zero-order valence-corrected chi connectivity index (χ0v) is 24.6. The number of rotatable bonds is 5. The van der Waals surface area contributed by atoms with Gasteiger partial charge in [-0.05, 0) is 37.8 Å². The fourth-order valence-corrected chi connectivity index (χ4v) is 1.90. The number of nitrogens with one attached hydrogen (secondary N) is 1. The first-order chi connectivity index (χ1) is 14.8. The summed E-state index contributed by atoms with van der Waals surface area (Å²) in [6.45, 7) is -0.181. The monoisotopic (exact) mass is 532 g/mol. The van der Waals surface area contributed by atoms with Crippen molar-refractivity contribution in [1.82, 2.24) is 0 Å². The van der Waals surface area contributed by atoms with Gasteiger partial charge in [0.25, 0.3) is 12.2 Å². The molecule has 2 aromatic rings. The number of anilines is 1. The number of hydrogen-bond acceptors (Lipinski definition) is 9. The molecule has 34 heavy (non-hydrogen) atoms. The zero-order chi connectivity index (χ0) is 23.2. The summed E-state index contributed by atoms with van der Waals surface area (Å²) in [4.78, 5) is 30.7. The van der Waals surface area contributed by atoms with Crippen LogP contribution in [0.4, 0.5) is 21.5 Å². The van der Waals surface area contributed by atoms with E-state index in [4.69, 9.17) is 15.8 Å². The number of nitrogens with zero attached hydrogens (tertiary/aromatic N) is 2. The second kappa shape index (κ2) is 21.9. The number of hydrogen-bond donors (Lipinski definition) is 2. The summed E-state index contributed by atoms with van der Waals surface area (Å²) in [5.74, 6) is -0.799. The standard InChI is InChI=1S/C9H10N2O2.C6H4FNO2.C3H7N.CH2O3.CH4.2K.H/c12-11(13)9-4-2-1-3-8(9)10-7-5-6-7;7-5-3-1-2-4-6(5)8(9)10;4-3-1-2-3;2-1-4-3;;;;/h1-4,7,10H,5-6H2;1-4H;3H,1-2,4H2;1,3H;1H4;;;/q;;;;;2*+1;-1/p-1. The minimum atomic E-state index is -0.799. The van der Waals surface area contributed by atoms with Gasteiger partial charge in [-0.3, -0.25) is 25.0 Å². The van der Waals surface area contributed by atoms with Crippen molar-refractivity contribution in [2.45, 2.75) is 45.2 Å². The Bertz CT molecular complexity index is 879. The molecule has 178 valence electrons. The van der Waals surface area contributed by atoms with Crippen LogP contribution >= 0.6 is 0 Å². The van der Waals surface area contributed by atoms with Gasteiger partial charge in [-0.25, -0.2) is 0 Å². The second-order valence-corrected chi connectivity index (χ2v) is 6.43. The SMILES string of the molecule is C.NC1CC1.O=CO[O-].O=[N+]([O-])c1ccccc1F.O=[N+]([O-])c1ccccc1NC1CC1.[H-].[K+].[K+]. The van der Waals surface area contributed by atoms with Gasteiger partial charge in [0.2, 0.25) is 5.82 Å². The first-order valence-electron chi connectivity index (χ1n) is 9.16. The van der Waals surface area contributed by atoms with Crippen LogP contribution in [0.2, 0.25) is 0 Å². The van der Waals surface area contributed by atoms with Crippen molar-refractivity contribution in [3.63, 3.8) is 0 Å². The maximum Gasteiger partial charge on any atom is 1.00 e. The molecule has 0 amide bonds. The zero-order valence-electron chi connectivity index (χ0n) is 19.4. The number of para-hydroxylation sites is 3. The number of nitro benzene ring substituents is 2. The molecule has 0 saturated heterocycles. The fourth-order valence-electron chi connectivity index (χ4n) is 1.90. The van der Waals surface area contributed by atoms with Gasteiger partial charge in [0.15, 0.2) is 0 Å². The van der Waals surface area contributed by atoms with Crippen molar-refractivity contribution in [2.75, 3.05) is 5.32 Å². The van der Waals surface area contributed by atoms with Crippen LogP contribution in [0.25, 0.3) is 0 Å². The summed E-state index contributed by atoms with van der Waals surface area (Å²) < 4.78 is 12.4. The predicted octanol–water partition coefficient (Wildman–Crippen LogP) is -2.80. The number of carbonyl (C=O) groups excluding carboxylic acids is 1. The van der Waals surface area contributed by atoms with Crippen LogP contribution in [-0.4, -0.2) is 28.4 Å². The fraction of sp³-hybridized carbons (Fsp3) is 0.350. The molecule has 3 N–H and O–H groups in total. The van der Waals surface area contributed by atoms with E-state index in [1.54, 1.807) is 18.2 Å². The number of carbonyl (C=O) groups is 1. The van der Waals surface area contributed by atoms with Gasteiger partial charge >= 0.3 is 108 Å². The molecule has 2 fully saturated rings. The van der Waals surface area contributed by atoms with E-state index in [1.807, 2.05) is 0 Å². The Balaban J connectivity index is -0.000000196. The number of halogens is 1. The van der Waals surface area contributed by atoms with Gasteiger partial charge in [0.05, 0.1) is 9.85 Å². The molecule has 0 unspecified atom stereocenters. The van der Waals surface area contributed by atoms with Gasteiger partial charge in [0.1, 0.15) is 5.69 Å². The summed E-state index contributed by atoms with van der Waals surface area (Å²) in [5.41, 5.74) is 5.53. The average Bonchev–Trinajstić information content (AvgIpc) is 3.68. The molecular formula is C20H27FK2N4O7. The molecule has 0 spiro atoms. The number of nitrogens with two attached hydrogens (primary N) is 1. The summed E-state index contributed by atoms with van der Waals surface area (Å²) in [6, 6.07) is 12.8. The molecule has 4 rings (SSSR count). The third-order valence-electron chi connectivity index (χ3n) is 3.75. The summed E-state index contributed by atoms with van der Waals surface area (Å²) in [5, 5.41) is 32.1. The molecular weight excluding hydrogens is 505 g/mol. The van der Waals surface area contributed by atoms with E-state index in [0.29, 0.717) is 17.8 Å². The normalized spacial score (nSPS) is 12.3. The molecule has 0 atom stereocenters. The van der Waals surface area contributed by atoms with Crippen molar-refractivity contribution >= 4 is 23.5 Å². The summed E-state index contributed by atoms with van der Waals surface area (Å²) in [6.07, 6.45) is 4.76. The smallest absolute Gasteiger partial charge is 1.00 e. The molecule has 2 aliphatic carbocycles. The van der Waals surface area contributed by atoms with Crippen LogP contribution in [0, 0.1) is 26.0 Å². The Kier molecular flexibility index (Phi) is 24.6. The minimum Gasteiger partial charge on any atom is -1.00 e. The molecule has 2 saturated carbocycles. The molecule has 11 nitrogen and oxygen atoms in total. The largest absolute Gasteiger partial charge is 1.00 e. The molecule has 0 aliphatic heterocycles. The Hall–Kier alpha value is -0.367. The Morgan fingerprint density at radius 1 is 0.971 bits per heavy atom. The van der Waals surface area contributed by atoms with Crippen molar-refractivity contribution < 1.29 is 133 Å². The second-order valence-electron chi connectivity index (χ2n) is 6.43. The maximum absolute atomic E-state index is 12.4. The summed E-state index contributed by atoms with van der Waals surface area (Å²) in [7, 11) is 0. The van der Waals surface area contributed by atoms with E-state index < -0.39 is 16.4 Å². The maximum atomic E-state index is 12.4. The molecule has 2 aromatic carbocycles.